The molecule has 1 aromatic carbocycles. The van der Waals surface area contributed by atoms with Gasteiger partial charge in [0.15, 0.2) is 0 Å². The van der Waals surface area contributed by atoms with Crippen molar-refractivity contribution in [3.05, 3.63) is 45.7 Å². The number of aromatic nitrogens is 2. The Morgan fingerprint density at radius 2 is 2.20 bits per heavy atom. The molecule has 1 heterocycles. The molecule has 0 saturated carbocycles. The molecule has 0 unspecified atom stereocenters. The predicted molar refractivity (Wildman–Crippen MR) is 91.7 cm³/mol. The van der Waals surface area contributed by atoms with Crippen LogP contribution in [0.25, 0.3) is 11.3 Å². The first kappa shape index (κ1) is 18.2. The lowest BCUT2D eigenvalue weighted by Crippen LogP contribution is -2.34. The number of carbonyl (C=O) groups is 1. The smallest absolute Gasteiger partial charge is 0.277 e. The summed E-state index contributed by atoms with van der Waals surface area (Å²) in [6.07, 6.45) is 3.07. The molecule has 130 valence electrons. The van der Waals surface area contributed by atoms with E-state index < -0.39 is 11.5 Å². The second-order valence-electron chi connectivity index (χ2n) is 5.35. The van der Waals surface area contributed by atoms with Crippen LogP contribution in [0.15, 0.2) is 29.1 Å². The Hall–Kier alpha value is -3.18. The Kier molecular flexibility index (Phi) is 6.26. The number of nitrogens with two attached hydrogens (primary N) is 1. The third-order valence-electron chi connectivity index (χ3n) is 3.58. The Morgan fingerprint density at radius 1 is 1.40 bits per heavy atom. The van der Waals surface area contributed by atoms with E-state index in [1.165, 1.54) is 6.07 Å². The highest BCUT2D eigenvalue weighted by Gasteiger charge is 2.13. The van der Waals surface area contributed by atoms with Crippen LogP contribution in [0.1, 0.15) is 42.1 Å². The van der Waals surface area contributed by atoms with Crippen molar-refractivity contribution in [2.45, 2.75) is 26.2 Å². The summed E-state index contributed by atoms with van der Waals surface area (Å²) in [4.78, 5) is 23.3. The minimum Gasteiger partial charge on any atom is -0.492 e. The number of rotatable bonds is 7. The van der Waals surface area contributed by atoms with E-state index >= 15 is 0 Å². The minimum atomic E-state index is -0.721. The Bertz CT molecular complexity index is 854. The topological polar surface area (TPSA) is 134 Å². The zero-order chi connectivity index (χ0) is 18.2. The molecule has 0 aliphatic rings. The van der Waals surface area contributed by atoms with Crippen molar-refractivity contribution in [3.63, 3.8) is 0 Å². The number of hydrogen-bond donors (Lipinski definition) is 3. The van der Waals surface area contributed by atoms with Crippen molar-refractivity contribution < 1.29 is 9.53 Å². The van der Waals surface area contributed by atoms with Gasteiger partial charge in [-0.1, -0.05) is 19.8 Å². The minimum absolute atomic E-state index is 0.161. The van der Waals surface area contributed by atoms with Gasteiger partial charge in [0.2, 0.25) is 0 Å². The van der Waals surface area contributed by atoms with Gasteiger partial charge in [-0.05, 0) is 30.7 Å². The number of hydrogen-bond acceptors (Lipinski definition) is 6. The fourth-order valence-corrected chi connectivity index (χ4v) is 2.24. The standard InChI is InChI=1S/C17H19N5O3/c1-2-3-4-7-25-15-6-5-11(8-12(15)10-18)14-9-13(16(23)20-19)17(24)22-21-14/h5-6,8-9H,2-4,7,19H2,1H3,(H,20,23)(H,22,24). The summed E-state index contributed by atoms with van der Waals surface area (Å²) in [7, 11) is 0. The van der Waals surface area contributed by atoms with E-state index in [-0.39, 0.29) is 5.56 Å². The third-order valence-corrected chi connectivity index (χ3v) is 3.58. The zero-order valence-electron chi connectivity index (χ0n) is 13.8. The van der Waals surface area contributed by atoms with Crippen LogP contribution in [-0.4, -0.2) is 22.7 Å². The molecule has 0 aliphatic carbocycles. The molecule has 0 atom stereocenters. The lowest BCUT2D eigenvalue weighted by atomic mass is 10.1. The highest BCUT2D eigenvalue weighted by Crippen LogP contribution is 2.25. The lowest BCUT2D eigenvalue weighted by Gasteiger charge is -2.09. The number of H-pyrrole nitrogens is 1. The lowest BCUT2D eigenvalue weighted by molar-refractivity contribution is 0.0952. The van der Waals surface area contributed by atoms with Crippen molar-refractivity contribution in [2.75, 3.05) is 6.61 Å². The van der Waals surface area contributed by atoms with Gasteiger partial charge in [-0.15, -0.1) is 0 Å². The average molecular weight is 341 g/mol. The van der Waals surface area contributed by atoms with Gasteiger partial charge in [0.05, 0.1) is 17.9 Å². The van der Waals surface area contributed by atoms with Crippen LogP contribution in [0.4, 0.5) is 0 Å². The molecule has 0 radical (unpaired) electrons. The monoisotopic (exact) mass is 341 g/mol. The number of nitrogen functional groups attached to an aromatic ring is 1. The molecule has 1 amide bonds. The Balaban J connectivity index is 2.30. The quantitative estimate of drug-likeness (QED) is 0.302. The number of nitrogens with one attached hydrogen (secondary N) is 2. The van der Waals surface area contributed by atoms with Gasteiger partial charge >= 0.3 is 0 Å². The van der Waals surface area contributed by atoms with Crippen molar-refractivity contribution in [3.8, 4) is 23.1 Å². The molecule has 2 rings (SSSR count). The number of aromatic amines is 1. The van der Waals surface area contributed by atoms with Gasteiger partial charge in [-0.3, -0.25) is 15.0 Å². The van der Waals surface area contributed by atoms with Gasteiger partial charge in [0, 0.05) is 5.56 Å². The summed E-state index contributed by atoms with van der Waals surface area (Å²) in [5.74, 6) is 4.83. The molecule has 0 aliphatic heterocycles. The number of benzene rings is 1. The number of nitrogens with zero attached hydrogens (tertiary/aromatic N) is 2. The van der Waals surface area contributed by atoms with Gasteiger partial charge in [-0.25, -0.2) is 10.9 Å². The van der Waals surface area contributed by atoms with Crippen molar-refractivity contribution in [2.24, 2.45) is 5.84 Å². The second kappa shape index (κ2) is 8.61. The molecule has 25 heavy (non-hydrogen) atoms. The summed E-state index contributed by atoms with van der Waals surface area (Å²) in [5.41, 5.74) is 2.36. The number of amides is 1. The molecule has 0 spiro atoms. The summed E-state index contributed by atoms with van der Waals surface area (Å²) in [6.45, 7) is 2.64. The highest BCUT2D eigenvalue weighted by molar-refractivity contribution is 5.94. The molecule has 1 aromatic heterocycles. The molecule has 2 aromatic rings. The summed E-state index contributed by atoms with van der Waals surface area (Å²) in [5, 5.41) is 15.5. The largest absolute Gasteiger partial charge is 0.492 e. The number of ether oxygens (including phenoxy) is 1. The maximum atomic E-state index is 11.6. The molecular weight excluding hydrogens is 322 g/mol. The summed E-state index contributed by atoms with van der Waals surface area (Å²) >= 11 is 0. The Morgan fingerprint density at radius 3 is 2.88 bits per heavy atom. The van der Waals surface area contributed by atoms with E-state index in [2.05, 4.69) is 23.2 Å². The molecule has 4 N–H and O–H groups in total. The number of nitriles is 1. The number of unbranched alkanes of at least 4 members (excludes halogenated alkanes) is 2. The van der Waals surface area contributed by atoms with E-state index in [9.17, 15) is 14.9 Å². The van der Waals surface area contributed by atoms with E-state index in [0.29, 0.717) is 29.2 Å². The molecule has 0 saturated heterocycles. The fourth-order valence-electron chi connectivity index (χ4n) is 2.24. The normalized spacial score (nSPS) is 10.1. The predicted octanol–water partition coefficient (Wildman–Crippen LogP) is 1.48. The van der Waals surface area contributed by atoms with Crippen LogP contribution >= 0.6 is 0 Å². The van der Waals surface area contributed by atoms with E-state index in [0.717, 1.165) is 19.3 Å². The van der Waals surface area contributed by atoms with Gasteiger partial charge < -0.3 is 4.74 Å². The molecular formula is C17H19N5O3. The highest BCUT2D eigenvalue weighted by atomic mass is 16.5. The van der Waals surface area contributed by atoms with Crippen LogP contribution in [-0.2, 0) is 0 Å². The van der Waals surface area contributed by atoms with E-state index in [4.69, 9.17) is 10.6 Å². The van der Waals surface area contributed by atoms with Gasteiger partial charge in [-0.2, -0.15) is 10.4 Å². The molecule has 8 nitrogen and oxygen atoms in total. The van der Waals surface area contributed by atoms with Crippen LogP contribution in [0.5, 0.6) is 5.75 Å². The fraction of sp³-hybridized carbons (Fsp3) is 0.294. The zero-order valence-corrected chi connectivity index (χ0v) is 13.8. The summed E-state index contributed by atoms with van der Waals surface area (Å²) in [6, 6.07) is 8.38. The second-order valence-corrected chi connectivity index (χ2v) is 5.35. The van der Waals surface area contributed by atoms with E-state index in [1.54, 1.807) is 18.2 Å². The SMILES string of the molecule is CCCCCOc1ccc(-c2cc(C(=O)NN)c(=O)[nH]n2)cc1C#N. The van der Waals surface area contributed by atoms with Crippen LogP contribution < -0.4 is 21.6 Å². The number of carbonyl (C=O) groups excluding carboxylic acids is 1. The maximum absolute atomic E-state index is 11.6. The Labute approximate surface area is 144 Å². The molecule has 0 bridgehead atoms. The molecule has 8 heteroatoms. The third kappa shape index (κ3) is 4.43. The average Bonchev–Trinajstić information content (AvgIpc) is 2.65. The van der Waals surface area contributed by atoms with Crippen molar-refractivity contribution >= 4 is 5.91 Å². The maximum Gasteiger partial charge on any atom is 0.277 e. The van der Waals surface area contributed by atoms with Crippen LogP contribution in [0.2, 0.25) is 0 Å². The first-order valence-corrected chi connectivity index (χ1v) is 7.88. The van der Waals surface area contributed by atoms with Crippen LogP contribution in [0.3, 0.4) is 0 Å². The van der Waals surface area contributed by atoms with Gasteiger partial charge in [0.1, 0.15) is 17.4 Å². The number of hydrazine groups is 1. The molecule has 0 fully saturated rings. The van der Waals surface area contributed by atoms with Crippen LogP contribution in [0, 0.1) is 11.3 Å². The first-order valence-electron chi connectivity index (χ1n) is 7.88. The first-order chi connectivity index (χ1) is 12.1. The summed E-state index contributed by atoms with van der Waals surface area (Å²) < 4.78 is 5.64. The van der Waals surface area contributed by atoms with Crippen molar-refractivity contribution in [1.82, 2.24) is 15.6 Å². The van der Waals surface area contributed by atoms with E-state index in [1.807, 2.05) is 5.43 Å². The van der Waals surface area contributed by atoms with Crippen molar-refractivity contribution in [1.29, 1.82) is 5.26 Å². The van der Waals surface area contributed by atoms with Gasteiger partial charge in [0.25, 0.3) is 11.5 Å².